The van der Waals surface area contributed by atoms with E-state index in [4.69, 9.17) is 4.52 Å². The van der Waals surface area contributed by atoms with Gasteiger partial charge in [-0.1, -0.05) is 18.5 Å². The molecule has 6 nitrogen and oxygen atoms in total. The number of aliphatic carboxylic acids is 1. The fourth-order valence-corrected chi connectivity index (χ4v) is 2.36. The summed E-state index contributed by atoms with van der Waals surface area (Å²) in [6, 6.07) is 0. The monoisotopic (exact) mass is 266 g/mol. The van der Waals surface area contributed by atoms with Crippen LogP contribution in [0.15, 0.2) is 4.52 Å². The molecule has 1 aromatic rings. The summed E-state index contributed by atoms with van der Waals surface area (Å²) >= 11 is 0. The first-order valence-corrected chi connectivity index (χ1v) is 6.47. The predicted molar refractivity (Wildman–Crippen MR) is 66.9 cm³/mol. The van der Waals surface area contributed by atoms with Crippen LogP contribution in [0, 0.1) is 12.3 Å². The highest BCUT2D eigenvalue weighted by atomic mass is 16.5. The van der Waals surface area contributed by atoms with Crippen molar-refractivity contribution in [3.8, 4) is 0 Å². The van der Waals surface area contributed by atoms with Gasteiger partial charge >= 0.3 is 5.97 Å². The molecule has 1 fully saturated rings. The first kappa shape index (κ1) is 13.6. The van der Waals surface area contributed by atoms with Gasteiger partial charge in [0, 0.05) is 6.54 Å². The van der Waals surface area contributed by atoms with Gasteiger partial charge < -0.3 is 14.9 Å². The largest absolute Gasteiger partial charge is 0.481 e. The molecule has 0 spiro atoms. The molecule has 104 valence electrons. The Balaban J connectivity index is 2.05. The SMILES string of the molecule is CCc1noc(C)c1C(=O)NCC1(C(=O)O)CCC1. The summed E-state index contributed by atoms with van der Waals surface area (Å²) in [5.41, 5.74) is 0.253. The summed E-state index contributed by atoms with van der Waals surface area (Å²) in [4.78, 5) is 23.3. The number of carboxylic acid groups (broad SMARTS) is 1. The van der Waals surface area contributed by atoms with Crippen molar-refractivity contribution in [1.29, 1.82) is 0 Å². The molecule has 0 aromatic carbocycles. The molecule has 0 atom stereocenters. The third-order valence-corrected chi connectivity index (χ3v) is 3.85. The minimum Gasteiger partial charge on any atom is -0.481 e. The summed E-state index contributed by atoms with van der Waals surface area (Å²) in [6.07, 6.45) is 2.73. The van der Waals surface area contributed by atoms with Crippen LogP contribution in [0.4, 0.5) is 0 Å². The minimum absolute atomic E-state index is 0.162. The zero-order chi connectivity index (χ0) is 14.0. The molecule has 19 heavy (non-hydrogen) atoms. The Morgan fingerprint density at radius 1 is 1.47 bits per heavy atom. The number of aryl methyl sites for hydroxylation is 2. The molecule has 1 saturated carbocycles. The zero-order valence-corrected chi connectivity index (χ0v) is 11.2. The van der Waals surface area contributed by atoms with Crippen molar-refractivity contribution in [2.24, 2.45) is 5.41 Å². The van der Waals surface area contributed by atoms with Crippen LogP contribution >= 0.6 is 0 Å². The fraction of sp³-hybridized carbons (Fsp3) is 0.615. The molecular formula is C13H18N2O4. The zero-order valence-electron chi connectivity index (χ0n) is 11.2. The van der Waals surface area contributed by atoms with Crippen LogP contribution in [0.25, 0.3) is 0 Å². The van der Waals surface area contributed by atoms with Crippen molar-refractivity contribution in [2.75, 3.05) is 6.54 Å². The number of carbonyl (C=O) groups is 2. The van der Waals surface area contributed by atoms with E-state index in [2.05, 4.69) is 10.5 Å². The van der Waals surface area contributed by atoms with Crippen molar-refractivity contribution in [1.82, 2.24) is 10.5 Å². The van der Waals surface area contributed by atoms with E-state index in [1.807, 2.05) is 6.92 Å². The molecule has 0 saturated heterocycles. The molecule has 0 unspecified atom stereocenters. The Labute approximate surface area is 111 Å². The first-order valence-electron chi connectivity index (χ1n) is 6.47. The number of nitrogens with one attached hydrogen (secondary N) is 1. The quantitative estimate of drug-likeness (QED) is 0.843. The van der Waals surface area contributed by atoms with E-state index in [0.717, 1.165) is 6.42 Å². The number of amides is 1. The lowest BCUT2D eigenvalue weighted by Crippen LogP contribution is -2.47. The minimum atomic E-state index is -0.836. The summed E-state index contributed by atoms with van der Waals surface area (Å²) in [5, 5.41) is 15.7. The second kappa shape index (κ2) is 5.03. The van der Waals surface area contributed by atoms with Gasteiger partial charge in [0.25, 0.3) is 5.91 Å². The molecule has 0 radical (unpaired) electrons. The van der Waals surface area contributed by atoms with Crippen LogP contribution in [0.2, 0.25) is 0 Å². The predicted octanol–water partition coefficient (Wildman–Crippen LogP) is 1.53. The van der Waals surface area contributed by atoms with E-state index in [1.54, 1.807) is 6.92 Å². The lowest BCUT2D eigenvalue weighted by molar-refractivity contribution is -0.153. The molecule has 0 bridgehead atoms. The Hall–Kier alpha value is -1.85. The second-order valence-corrected chi connectivity index (χ2v) is 5.04. The van der Waals surface area contributed by atoms with E-state index in [0.29, 0.717) is 36.3 Å². The number of aromatic nitrogens is 1. The third kappa shape index (κ3) is 2.34. The van der Waals surface area contributed by atoms with Crippen molar-refractivity contribution < 1.29 is 19.2 Å². The summed E-state index contributed by atoms with van der Waals surface area (Å²) < 4.78 is 5.00. The van der Waals surface area contributed by atoms with Gasteiger partial charge in [0.05, 0.1) is 11.1 Å². The molecule has 1 aromatic heterocycles. The van der Waals surface area contributed by atoms with Crippen LogP contribution in [0.1, 0.15) is 48.0 Å². The maximum atomic E-state index is 12.1. The van der Waals surface area contributed by atoms with Crippen LogP contribution in [-0.4, -0.2) is 28.7 Å². The lowest BCUT2D eigenvalue weighted by Gasteiger charge is -2.37. The number of rotatable bonds is 5. The average Bonchev–Trinajstić information content (AvgIpc) is 2.68. The van der Waals surface area contributed by atoms with E-state index in [1.165, 1.54) is 0 Å². The number of hydrogen-bond donors (Lipinski definition) is 2. The summed E-state index contributed by atoms with van der Waals surface area (Å²) in [5.74, 6) is -0.674. The van der Waals surface area contributed by atoms with Gasteiger partial charge in [-0.15, -0.1) is 0 Å². The number of carboxylic acids is 1. The Kier molecular flexibility index (Phi) is 3.59. The van der Waals surface area contributed by atoms with E-state index < -0.39 is 11.4 Å². The molecule has 1 aliphatic carbocycles. The van der Waals surface area contributed by atoms with Crippen LogP contribution in [0.5, 0.6) is 0 Å². The third-order valence-electron chi connectivity index (χ3n) is 3.85. The highest BCUT2D eigenvalue weighted by Gasteiger charge is 2.44. The standard InChI is InChI=1S/C13H18N2O4/c1-3-9-10(8(2)19-15-9)11(16)14-7-13(12(17)18)5-4-6-13/h3-7H2,1-2H3,(H,14,16)(H,17,18). The van der Waals surface area contributed by atoms with E-state index >= 15 is 0 Å². The topological polar surface area (TPSA) is 92.4 Å². The normalized spacial score (nSPS) is 16.7. The maximum absolute atomic E-state index is 12.1. The van der Waals surface area contributed by atoms with Gasteiger partial charge in [-0.2, -0.15) is 0 Å². The van der Waals surface area contributed by atoms with Gasteiger partial charge in [-0.3, -0.25) is 9.59 Å². The highest BCUT2D eigenvalue weighted by molar-refractivity contribution is 5.96. The highest BCUT2D eigenvalue weighted by Crippen LogP contribution is 2.40. The van der Waals surface area contributed by atoms with Gasteiger partial charge in [0.1, 0.15) is 11.3 Å². The van der Waals surface area contributed by atoms with Gasteiger partial charge in [0.2, 0.25) is 0 Å². The van der Waals surface area contributed by atoms with Gasteiger partial charge in [-0.05, 0) is 26.2 Å². The number of carbonyl (C=O) groups excluding carboxylic acids is 1. The second-order valence-electron chi connectivity index (χ2n) is 5.04. The lowest BCUT2D eigenvalue weighted by atomic mass is 9.69. The van der Waals surface area contributed by atoms with Crippen molar-refractivity contribution >= 4 is 11.9 Å². The number of nitrogens with zero attached hydrogens (tertiary/aromatic N) is 1. The van der Waals surface area contributed by atoms with Crippen LogP contribution < -0.4 is 5.32 Å². The molecule has 1 heterocycles. The number of hydrogen-bond acceptors (Lipinski definition) is 4. The van der Waals surface area contributed by atoms with Gasteiger partial charge in [0.15, 0.2) is 0 Å². The molecule has 0 aliphatic heterocycles. The van der Waals surface area contributed by atoms with Crippen molar-refractivity contribution in [3.63, 3.8) is 0 Å². The van der Waals surface area contributed by atoms with Crippen LogP contribution in [0.3, 0.4) is 0 Å². The molecular weight excluding hydrogens is 248 g/mol. The smallest absolute Gasteiger partial charge is 0.311 e. The Morgan fingerprint density at radius 3 is 2.63 bits per heavy atom. The first-order chi connectivity index (χ1) is 9.00. The average molecular weight is 266 g/mol. The fourth-order valence-electron chi connectivity index (χ4n) is 2.36. The van der Waals surface area contributed by atoms with Crippen molar-refractivity contribution in [2.45, 2.75) is 39.5 Å². The molecule has 2 N–H and O–H groups in total. The van der Waals surface area contributed by atoms with E-state index in [9.17, 15) is 14.7 Å². The summed E-state index contributed by atoms with van der Waals surface area (Å²) in [7, 11) is 0. The molecule has 6 heteroatoms. The molecule has 1 amide bonds. The molecule has 1 aliphatic rings. The van der Waals surface area contributed by atoms with Gasteiger partial charge in [-0.25, -0.2) is 0 Å². The van der Waals surface area contributed by atoms with E-state index in [-0.39, 0.29) is 12.5 Å². The Morgan fingerprint density at radius 2 is 2.16 bits per heavy atom. The summed E-state index contributed by atoms with van der Waals surface area (Å²) in [6.45, 7) is 3.73. The van der Waals surface area contributed by atoms with Crippen molar-refractivity contribution in [3.05, 3.63) is 17.0 Å². The molecule has 2 rings (SSSR count). The maximum Gasteiger partial charge on any atom is 0.311 e. The van der Waals surface area contributed by atoms with Crippen LogP contribution in [-0.2, 0) is 11.2 Å². The Bertz CT molecular complexity index is 503.